The minimum Gasteiger partial charge on any atom is -0.349 e. The molecule has 1 aromatic heterocycles. The molecule has 0 bridgehead atoms. The Bertz CT molecular complexity index is 962. The van der Waals surface area contributed by atoms with Crippen molar-refractivity contribution >= 4 is 21.6 Å². The van der Waals surface area contributed by atoms with Gasteiger partial charge < -0.3 is 9.88 Å². The van der Waals surface area contributed by atoms with E-state index in [0.29, 0.717) is 36.5 Å². The number of rotatable bonds is 3. The van der Waals surface area contributed by atoms with Crippen molar-refractivity contribution in [2.45, 2.75) is 44.2 Å². The van der Waals surface area contributed by atoms with Gasteiger partial charge in [0.05, 0.1) is 10.9 Å². The Balaban J connectivity index is 1.74. The Morgan fingerprint density at radius 3 is 2.73 bits per heavy atom. The van der Waals surface area contributed by atoms with Gasteiger partial charge in [0.25, 0.3) is 0 Å². The molecule has 1 atom stereocenters. The van der Waals surface area contributed by atoms with Crippen LogP contribution in [0.25, 0.3) is 0 Å². The molecular weight excluding hydrogens is 350 g/mol. The van der Waals surface area contributed by atoms with E-state index in [1.165, 1.54) is 0 Å². The summed E-state index contributed by atoms with van der Waals surface area (Å²) in [4.78, 5) is 11.8. The fourth-order valence-electron chi connectivity index (χ4n) is 3.99. The molecule has 0 saturated heterocycles. The van der Waals surface area contributed by atoms with Gasteiger partial charge in [0.1, 0.15) is 0 Å². The Morgan fingerprint density at radius 2 is 1.96 bits per heavy atom. The Labute approximate surface area is 153 Å². The summed E-state index contributed by atoms with van der Waals surface area (Å²) in [6, 6.07) is 8.83. The lowest BCUT2D eigenvalue weighted by atomic mass is 9.99. The van der Waals surface area contributed by atoms with Gasteiger partial charge in [-0.1, -0.05) is 13.8 Å². The van der Waals surface area contributed by atoms with Gasteiger partial charge >= 0.3 is 0 Å². The molecule has 3 heterocycles. The number of anilines is 1. The molecule has 7 heteroatoms. The summed E-state index contributed by atoms with van der Waals surface area (Å²) in [5.74, 6) is 0.139. The maximum Gasteiger partial charge on any atom is 0.243 e. The number of hydrogen-bond donors (Lipinski definition) is 1. The molecule has 1 N–H and O–H groups in total. The predicted octanol–water partition coefficient (Wildman–Crippen LogP) is 2.77. The Morgan fingerprint density at radius 1 is 1.15 bits per heavy atom. The highest BCUT2D eigenvalue weighted by molar-refractivity contribution is 7.89. The van der Waals surface area contributed by atoms with Crippen LogP contribution in [0.3, 0.4) is 0 Å². The molecule has 0 aliphatic carbocycles. The number of fused-ring (bicyclic) bond motifs is 2. The summed E-state index contributed by atoms with van der Waals surface area (Å²) < 4.78 is 30.6. The van der Waals surface area contributed by atoms with Crippen LogP contribution in [0.2, 0.25) is 0 Å². The highest BCUT2D eigenvalue weighted by Crippen LogP contribution is 2.37. The second kappa shape index (κ2) is 6.25. The third-order valence-corrected chi connectivity index (χ3v) is 7.13. The maximum absolute atomic E-state index is 13.4. The Hall–Kier alpha value is -2.12. The molecule has 138 valence electrons. The molecule has 0 fully saturated rings. The number of aromatic nitrogens is 1. The predicted molar refractivity (Wildman–Crippen MR) is 99.3 cm³/mol. The van der Waals surface area contributed by atoms with Gasteiger partial charge in [-0.2, -0.15) is 4.31 Å². The molecule has 26 heavy (non-hydrogen) atoms. The zero-order valence-corrected chi connectivity index (χ0v) is 15.8. The quantitative estimate of drug-likeness (QED) is 0.899. The first kappa shape index (κ1) is 17.3. The van der Waals surface area contributed by atoms with Crippen molar-refractivity contribution in [1.82, 2.24) is 8.87 Å². The second-order valence-corrected chi connectivity index (χ2v) is 9.19. The number of carbonyl (C=O) groups excluding carboxylic acids is 1. The van der Waals surface area contributed by atoms with E-state index in [9.17, 15) is 13.2 Å². The van der Waals surface area contributed by atoms with Crippen LogP contribution in [0, 0.1) is 5.92 Å². The van der Waals surface area contributed by atoms with Crippen LogP contribution in [-0.2, 0) is 27.8 Å². The third-order valence-electron chi connectivity index (χ3n) is 5.25. The van der Waals surface area contributed by atoms with E-state index in [0.717, 1.165) is 11.3 Å². The van der Waals surface area contributed by atoms with Crippen LogP contribution < -0.4 is 5.32 Å². The largest absolute Gasteiger partial charge is 0.349 e. The minimum absolute atomic E-state index is 0.0234. The first-order chi connectivity index (χ1) is 12.4. The Kier molecular flexibility index (Phi) is 4.16. The number of amides is 1. The zero-order valence-electron chi connectivity index (χ0n) is 15.0. The first-order valence-electron chi connectivity index (χ1n) is 8.97. The lowest BCUT2D eigenvalue weighted by Crippen LogP contribution is -2.43. The van der Waals surface area contributed by atoms with E-state index in [4.69, 9.17) is 0 Å². The fourth-order valence-corrected chi connectivity index (χ4v) is 5.77. The van der Waals surface area contributed by atoms with Crippen molar-refractivity contribution in [1.29, 1.82) is 0 Å². The molecule has 0 spiro atoms. The molecule has 4 rings (SSSR count). The SMILES string of the molecule is CC(C)[C@@H]1c2cccn2CCN1S(=O)(=O)c1ccc2c(c1)CCC(=O)N2. The lowest BCUT2D eigenvalue weighted by Gasteiger charge is -2.38. The number of hydrogen-bond acceptors (Lipinski definition) is 3. The highest BCUT2D eigenvalue weighted by Gasteiger charge is 2.38. The van der Waals surface area contributed by atoms with E-state index >= 15 is 0 Å². The minimum atomic E-state index is -3.62. The lowest BCUT2D eigenvalue weighted by molar-refractivity contribution is -0.116. The van der Waals surface area contributed by atoms with Crippen molar-refractivity contribution in [2.75, 3.05) is 11.9 Å². The standard InChI is InChI=1S/C19H23N3O3S/c1-13(2)19-17-4-3-9-21(17)10-11-22(19)26(24,25)15-6-7-16-14(12-15)5-8-18(23)20-16/h3-4,6-7,9,12-13,19H,5,8,10-11H2,1-2H3,(H,20,23)/t19-/m1/s1. The molecule has 6 nitrogen and oxygen atoms in total. The molecule has 0 unspecified atom stereocenters. The number of aryl methyl sites for hydroxylation is 1. The summed E-state index contributed by atoms with van der Waals surface area (Å²) in [5, 5.41) is 2.80. The topological polar surface area (TPSA) is 71.4 Å². The number of nitrogens with zero attached hydrogens (tertiary/aromatic N) is 2. The number of sulfonamides is 1. The van der Waals surface area contributed by atoms with Crippen LogP contribution >= 0.6 is 0 Å². The van der Waals surface area contributed by atoms with Crippen molar-refractivity contribution in [3.8, 4) is 0 Å². The number of benzene rings is 1. The van der Waals surface area contributed by atoms with Crippen LogP contribution in [-0.4, -0.2) is 29.7 Å². The zero-order chi connectivity index (χ0) is 18.5. The van der Waals surface area contributed by atoms with Gasteiger partial charge in [-0.3, -0.25) is 4.79 Å². The van der Waals surface area contributed by atoms with Crippen LogP contribution in [0.5, 0.6) is 0 Å². The van der Waals surface area contributed by atoms with Crippen molar-refractivity contribution in [3.05, 3.63) is 47.8 Å². The van der Waals surface area contributed by atoms with E-state index in [1.54, 1.807) is 22.5 Å². The van der Waals surface area contributed by atoms with Gasteiger partial charge in [-0.15, -0.1) is 0 Å². The first-order valence-corrected chi connectivity index (χ1v) is 10.4. The maximum atomic E-state index is 13.4. The van der Waals surface area contributed by atoms with Gasteiger partial charge in [0.15, 0.2) is 0 Å². The summed E-state index contributed by atoms with van der Waals surface area (Å²) in [5.41, 5.74) is 2.64. The fraction of sp³-hybridized carbons (Fsp3) is 0.421. The molecule has 1 amide bonds. The normalized spacial score (nSPS) is 20.6. The van der Waals surface area contributed by atoms with Crippen molar-refractivity contribution in [2.24, 2.45) is 5.92 Å². The highest BCUT2D eigenvalue weighted by atomic mass is 32.2. The van der Waals surface area contributed by atoms with Crippen molar-refractivity contribution < 1.29 is 13.2 Å². The average molecular weight is 373 g/mol. The monoisotopic (exact) mass is 373 g/mol. The molecule has 0 radical (unpaired) electrons. The molecule has 2 aliphatic heterocycles. The van der Waals surface area contributed by atoms with E-state index in [2.05, 4.69) is 23.7 Å². The van der Waals surface area contributed by atoms with Crippen molar-refractivity contribution in [3.63, 3.8) is 0 Å². The molecule has 2 aromatic rings. The summed E-state index contributed by atoms with van der Waals surface area (Å²) >= 11 is 0. The van der Waals surface area contributed by atoms with E-state index in [-0.39, 0.29) is 17.9 Å². The van der Waals surface area contributed by atoms with Gasteiger partial charge in [0.2, 0.25) is 15.9 Å². The number of nitrogens with one attached hydrogen (secondary N) is 1. The molecule has 1 aromatic carbocycles. The smallest absolute Gasteiger partial charge is 0.243 e. The number of carbonyl (C=O) groups is 1. The summed E-state index contributed by atoms with van der Waals surface area (Å²) in [7, 11) is -3.62. The van der Waals surface area contributed by atoms with Crippen LogP contribution in [0.15, 0.2) is 41.4 Å². The molecular formula is C19H23N3O3S. The van der Waals surface area contributed by atoms with Crippen LogP contribution in [0.4, 0.5) is 5.69 Å². The van der Waals surface area contributed by atoms with Crippen LogP contribution in [0.1, 0.15) is 37.6 Å². The van der Waals surface area contributed by atoms with Gasteiger partial charge in [-0.05, 0) is 48.2 Å². The second-order valence-electron chi connectivity index (χ2n) is 7.30. The third kappa shape index (κ3) is 2.75. The van der Waals surface area contributed by atoms with E-state index in [1.807, 2.05) is 18.3 Å². The summed E-state index contributed by atoms with van der Waals surface area (Å²) in [6.07, 6.45) is 2.97. The summed E-state index contributed by atoms with van der Waals surface area (Å²) in [6.45, 7) is 5.23. The average Bonchev–Trinajstić information content (AvgIpc) is 3.08. The van der Waals surface area contributed by atoms with Gasteiger partial charge in [-0.25, -0.2) is 8.42 Å². The van der Waals surface area contributed by atoms with E-state index < -0.39 is 10.0 Å². The molecule has 0 saturated carbocycles. The van der Waals surface area contributed by atoms with Gasteiger partial charge in [0, 0.05) is 37.1 Å². The molecule has 2 aliphatic rings.